The van der Waals surface area contributed by atoms with Crippen molar-refractivity contribution in [3.63, 3.8) is 0 Å². The summed E-state index contributed by atoms with van der Waals surface area (Å²) in [5.74, 6) is 0. The fourth-order valence-electron chi connectivity index (χ4n) is 5.79. The molecule has 1 heteroatoms. The fraction of sp³-hybridized carbons (Fsp3) is 0.429. The van der Waals surface area contributed by atoms with E-state index in [-0.39, 0.29) is 10.8 Å². The van der Waals surface area contributed by atoms with Crippen LogP contribution in [0.2, 0.25) is 8.26 Å². The van der Waals surface area contributed by atoms with Crippen LogP contribution in [0.1, 0.15) is 74.9 Å². The van der Waals surface area contributed by atoms with Crippen molar-refractivity contribution in [2.45, 2.75) is 73.5 Å². The van der Waals surface area contributed by atoms with Crippen molar-refractivity contribution in [1.29, 1.82) is 0 Å². The van der Waals surface area contributed by atoms with Gasteiger partial charge in [-0.15, -0.1) is 0 Å². The number of fused-ring (bicyclic) bond motifs is 2. The van der Waals surface area contributed by atoms with Gasteiger partial charge < -0.3 is 0 Å². The summed E-state index contributed by atoms with van der Waals surface area (Å²) in [7, 11) is 0. The fourth-order valence-corrected chi connectivity index (χ4v) is 19.1. The molecule has 0 bridgehead atoms. The summed E-state index contributed by atoms with van der Waals surface area (Å²) in [5.41, 5.74) is 10.0. The SMILES string of the molecule is CC(C)(C)c1cc[c]([Zr]2([c]3ccc(C(C)(C)C)c4c3C=CC4)[CH2][CH2]2)c2c1CC=C2. The van der Waals surface area contributed by atoms with Gasteiger partial charge in [0.15, 0.2) is 0 Å². The van der Waals surface area contributed by atoms with Gasteiger partial charge in [0.05, 0.1) is 0 Å². The van der Waals surface area contributed by atoms with Crippen LogP contribution in [0.3, 0.4) is 0 Å². The number of allylic oxidation sites excluding steroid dienone is 2. The molecule has 0 N–H and O–H groups in total. The molecule has 5 rings (SSSR count). The van der Waals surface area contributed by atoms with Gasteiger partial charge in [-0.2, -0.15) is 0 Å². The van der Waals surface area contributed by atoms with E-state index in [2.05, 4.69) is 90.1 Å². The first kappa shape index (κ1) is 19.7. The third-order valence-electron chi connectivity index (χ3n) is 7.32. The van der Waals surface area contributed by atoms with E-state index in [1.165, 1.54) is 8.26 Å². The monoisotopic (exact) mass is 460 g/mol. The van der Waals surface area contributed by atoms with E-state index in [1.54, 1.807) is 39.9 Å². The van der Waals surface area contributed by atoms with Gasteiger partial charge in [0.25, 0.3) is 0 Å². The molecule has 1 fully saturated rings. The number of rotatable bonds is 2. The van der Waals surface area contributed by atoms with Crippen molar-refractivity contribution in [3.8, 4) is 0 Å². The molecule has 0 unspecified atom stereocenters. The zero-order valence-electron chi connectivity index (χ0n) is 18.9. The molecule has 29 heavy (non-hydrogen) atoms. The molecule has 150 valence electrons. The Labute approximate surface area is 181 Å². The molecule has 0 saturated carbocycles. The second kappa shape index (κ2) is 6.40. The average Bonchev–Trinajstić information content (AvgIpc) is 3.05. The first-order chi connectivity index (χ1) is 13.6. The van der Waals surface area contributed by atoms with Crippen molar-refractivity contribution in [3.05, 3.63) is 69.8 Å². The minimum atomic E-state index is -2.51. The van der Waals surface area contributed by atoms with Crippen LogP contribution in [-0.2, 0) is 43.9 Å². The van der Waals surface area contributed by atoms with Gasteiger partial charge in [-0.25, -0.2) is 0 Å². The molecular weight excluding hydrogens is 428 g/mol. The van der Waals surface area contributed by atoms with Crippen molar-refractivity contribution >= 4 is 18.7 Å². The van der Waals surface area contributed by atoms with Gasteiger partial charge in [0, 0.05) is 0 Å². The molecule has 0 spiro atoms. The van der Waals surface area contributed by atoms with Crippen LogP contribution in [0.25, 0.3) is 12.2 Å². The zero-order chi connectivity index (χ0) is 20.6. The third-order valence-corrected chi connectivity index (χ3v) is 18.2. The van der Waals surface area contributed by atoms with E-state index >= 15 is 0 Å². The summed E-state index contributed by atoms with van der Waals surface area (Å²) in [4.78, 5) is 0. The Bertz CT molecular complexity index is 979. The molecule has 1 aliphatic heterocycles. The Morgan fingerprint density at radius 2 is 1.03 bits per heavy atom. The first-order valence-electron chi connectivity index (χ1n) is 11.3. The van der Waals surface area contributed by atoms with Gasteiger partial charge in [0.1, 0.15) is 0 Å². The molecule has 0 radical (unpaired) electrons. The van der Waals surface area contributed by atoms with Crippen LogP contribution >= 0.6 is 0 Å². The van der Waals surface area contributed by atoms with Crippen LogP contribution < -0.4 is 6.54 Å². The van der Waals surface area contributed by atoms with E-state index < -0.39 is 20.3 Å². The van der Waals surface area contributed by atoms with E-state index in [9.17, 15) is 0 Å². The summed E-state index contributed by atoms with van der Waals surface area (Å²) >= 11 is -2.51. The normalized spacial score (nSPS) is 18.8. The molecule has 0 atom stereocenters. The molecule has 1 heterocycles. The summed E-state index contributed by atoms with van der Waals surface area (Å²) < 4.78 is 6.53. The van der Waals surface area contributed by atoms with Crippen LogP contribution in [0.5, 0.6) is 0 Å². The van der Waals surface area contributed by atoms with Crippen LogP contribution in [0.15, 0.2) is 36.4 Å². The number of hydrogen-bond acceptors (Lipinski definition) is 0. The van der Waals surface area contributed by atoms with Crippen molar-refractivity contribution in [2.24, 2.45) is 0 Å². The summed E-state index contributed by atoms with van der Waals surface area (Å²) in [6.45, 7) is 14.2. The molecule has 0 amide bonds. The predicted molar refractivity (Wildman–Crippen MR) is 125 cm³/mol. The Hall–Kier alpha value is -1.20. The second-order valence-corrected chi connectivity index (χ2v) is 21.8. The maximum absolute atomic E-state index is 2.56. The van der Waals surface area contributed by atoms with Crippen molar-refractivity contribution in [2.75, 3.05) is 0 Å². The average molecular weight is 462 g/mol. The van der Waals surface area contributed by atoms with Crippen LogP contribution in [0.4, 0.5) is 0 Å². The van der Waals surface area contributed by atoms with Gasteiger partial charge >= 0.3 is 182 Å². The molecule has 0 nitrogen and oxygen atoms in total. The topological polar surface area (TPSA) is 0 Å². The van der Waals surface area contributed by atoms with E-state index in [0.717, 1.165) is 12.8 Å². The zero-order valence-corrected chi connectivity index (χ0v) is 21.4. The molecule has 0 aromatic heterocycles. The van der Waals surface area contributed by atoms with Crippen molar-refractivity contribution < 1.29 is 20.3 Å². The maximum atomic E-state index is 2.56. The van der Waals surface area contributed by atoms with E-state index in [1.807, 2.05) is 0 Å². The molecule has 2 aromatic carbocycles. The molecule has 2 aliphatic carbocycles. The molecule has 3 aliphatic rings. The quantitative estimate of drug-likeness (QED) is 0.487. The van der Waals surface area contributed by atoms with E-state index in [0.29, 0.717) is 0 Å². The second-order valence-electron chi connectivity index (χ2n) is 11.4. The van der Waals surface area contributed by atoms with Gasteiger partial charge in [-0.05, 0) is 0 Å². The van der Waals surface area contributed by atoms with Gasteiger partial charge in [-0.3, -0.25) is 0 Å². The van der Waals surface area contributed by atoms with E-state index in [4.69, 9.17) is 0 Å². The summed E-state index contributed by atoms with van der Waals surface area (Å²) in [6.07, 6.45) is 12.0. The molecular formula is C28H34Zr. The standard InChI is InChI=1S/2C13H15.C2H4.Zr/c2*1-13(2,3)12-9-5-7-10-6-4-8-11(10)12;1-2;/h2*4-6,9H,8H2,1-3H3;1-2H2;. The predicted octanol–water partition coefficient (Wildman–Crippen LogP) is 6.38. The van der Waals surface area contributed by atoms with Crippen molar-refractivity contribution in [1.82, 2.24) is 0 Å². The number of hydrogen-bond donors (Lipinski definition) is 0. The Balaban J connectivity index is 1.69. The Kier molecular flexibility index (Phi) is 4.36. The summed E-state index contributed by atoms with van der Waals surface area (Å²) in [6, 6.07) is 10.1. The number of benzene rings is 2. The minimum absolute atomic E-state index is 0.221. The van der Waals surface area contributed by atoms with Crippen LogP contribution in [-0.4, -0.2) is 0 Å². The van der Waals surface area contributed by atoms with Crippen LogP contribution in [0, 0.1) is 0 Å². The van der Waals surface area contributed by atoms with Gasteiger partial charge in [-0.1, -0.05) is 0 Å². The van der Waals surface area contributed by atoms with Gasteiger partial charge in [0.2, 0.25) is 0 Å². The Morgan fingerprint density at radius 3 is 1.38 bits per heavy atom. The molecule has 2 aromatic rings. The molecule has 1 saturated heterocycles. The first-order valence-corrected chi connectivity index (χ1v) is 17.2. The Morgan fingerprint density at radius 1 is 0.621 bits per heavy atom. The summed E-state index contributed by atoms with van der Waals surface area (Å²) in [5, 5.41) is 0. The third kappa shape index (κ3) is 3.03.